The Labute approximate surface area is 230 Å². The molecule has 1 fully saturated rings. The van der Waals surface area contributed by atoms with Gasteiger partial charge in [-0.2, -0.15) is 6.42 Å². The minimum Gasteiger partial charge on any atom is -0.382 e. The molecule has 183 valence electrons. The van der Waals surface area contributed by atoms with Crippen LogP contribution in [0.15, 0.2) is 72.8 Å². The van der Waals surface area contributed by atoms with Gasteiger partial charge < -0.3 is 30.6 Å². The summed E-state index contributed by atoms with van der Waals surface area (Å²) in [4.78, 5) is 0. The molecule has 6 heteroatoms. The van der Waals surface area contributed by atoms with E-state index in [1.54, 1.807) is 7.11 Å². The Morgan fingerprint density at radius 1 is 0.824 bits per heavy atom. The van der Waals surface area contributed by atoms with Crippen LogP contribution in [0.3, 0.4) is 0 Å². The van der Waals surface area contributed by atoms with Crippen molar-refractivity contribution in [1.82, 2.24) is 0 Å². The van der Waals surface area contributed by atoms with Crippen LogP contribution in [0.1, 0.15) is 36.8 Å². The van der Waals surface area contributed by atoms with Gasteiger partial charge in [0, 0.05) is 39.8 Å². The Bertz CT molecular complexity index is 786. The van der Waals surface area contributed by atoms with Gasteiger partial charge in [0.05, 0.1) is 26.4 Å². The third kappa shape index (κ3) is 9.98. The summed E-state index contributed by atoms with van der Waals surface area (Å²) in [6, 6.07) is 20.3. The molecule has 0 bridgehead atoms. The van der Waals surface area contributed by atoms with Crippen molar-refractivity contribution in [3.8, 4) is 0 Å². The topological polar surface area (TPSA) is 46.2 Å². The van der Waals surface area contributed by atoms with Crippen molar-refractivity contribution in [2.75, 3.05) is 20.3 Å². The van der Waals surface area contributed by atoms with E-state index in [0.29, 0.717) is 26.4 Å². The van der Waals surface area contributed by atoms with E-state index in [0.717, 1.165) is 36.8 Å². The largest absolute Gasteiger partial charge is 0.382 e. The SMILES string of the molecule is [CH2-]CC/C=C\CCCOC1OC(COC)C(OCc2ccccc2)C1OCc1ccccc1.[Y]. The molecule has 2 aromatic carbocycles. The fourth-order valence-electron chi connectivity index (χ4n) is 3.79. The first-order chi connectivity index (χ1) is 16.3. The molecule has 0 aromatic heterocycles. The number of benzene rings is 2. The molecule has 0 aliphatic carbocycles. The molecule has 1 radical (unpaired) electrons. The average molecular weight is 543 g/mol. The molecule has 5 nitrogen and oxygen atoms in total. The van der Waals surface area contributed by atoms with Crippen LogP contribution in [0.5, 0.6) is 0 Å². The molecule has 0 spiro atoms. The molecule has 0 saturated carbocycles. The van der Waals surface area contributed by atoms with E-state index >= 15 is 0 Å². The van der Waals surface area contributed by atoms with Crippen LogP contribution < -0.4 is 0 Å². The number of ether oxygens (including phenoxy) is 5. The van der Waals surface area contributed by atoms with Gasteiger partial charge in [-0.1, -0.05) is 79.2 Å². The van der Waals surface area contributed by atoms with Crippen molar-refractivity contribution >= 4 is 0 Å². The van der Waals surface area contributed by atoms with Crippen molar-refractivity contribution in [3.05, 3.63) is 90.9 Å². The molecular formula is C28H37O5Y-. The van der Waals surface area contributed by atoms with Gasteiger partial charge in [-0.15, -0.1) is 0 Å². The molecule has 1 saturated heterocycles. The van der Waals surface area contributed by atoms with Crippen LogP contribution in [-0.2, 0) is 69.6 Å². The average Bonchev–Trinajstić information content (AvgIpc) is 3.18. The third-order valence-corrected chi connectivity index (χ3v) is 5.50. The first-order valence-corrected chi connectivity index (χ1v) is 11.8. The van der Waals surface area contributed by atoms with Gasteiger partial charge in [0.1, 0.15) is 18.3 Å². The second kappa shape index (κ2) is 17.5. The second-order valence-corrected chi connectivity index (χ2v) is 8.15. The standard InChI is InChI=1S/C28H37O5.Y/c1-3-4-5-6-7-14-19-30-28-27(32-21-24-17-12-9-13-18-24)26(25(33-28)22-29-2)31-20-23-15-10-8-11-16-23;/h5-6,8-13,15-18,25-28H,1,3-4,7,14,19-22H2,2H3;/q-1;/b6-5-;. The van der Waals surface area contributed by atoms with Crippen molar-refractivity contribution in [2.24, 2.45) is 0 Å². The van der Waals surface area contributed by atoms with Crippen LogP contribution in [0.25, 0.3) is 0 Å². The third-order valence-electron chi connectivity index (χ3n) is 5.50. The first kappa shape index (κ1) is 29.3. The number of hydrogen-bond donors (Lipinski definition) is 0. The van der Waals surface area contributed by atoms with E-state index in [4.69, 9.17) is 23.7 Å². The maximum absolute atomic E-state index is 6.34. The Morgan fingerprint density at radius 2 is 1.41 bits per heavy atom. The van der Waals surface area contributed by atoms with Crippen molar-refractivity contribution in [3.63, 3.8) is 0 Å². The van der Waals surface area contributed by atoms with Gasteiger partial charge >= 0.3 is 0 Å². The van der Waals surface area contributed by atoms with E-state index in [1.165, 1.54) is 0 Å². The molecule has 4 unspecified atom stereocenters. The van der Waals surface area contributed by atoms with Crippen LogP contribution in [0, 0.1) is 6.92 Å². The molecule has 2 aromatic rings. The summed E-state index contributed by atoms with van der Waals surface area (Å²) >= 11 is 0. The zero-order chi connectivity index (χ0) is 23.1. The van der Waals surface area contributed by atoms with E-state index < -0.39 is 6.29 Å². The number of allylic oxidation sites excluding steroid dienone is 2. The summed E-state index contributed by atoms with van der Waals surface area (Å²) in [6.45, 7) is 5.80. The molecule has 1 aliphatic heterocycles. The number of hydrogen-bond acceptors (Lipinski definition) is 5. The molecule has 0 N–H and O–H groups in total. The summed E-state index contributed by atoms with van der Waals surface area (Å²) in [5, 5.41) is 0. The Morgan fingerprint density at radius 3 is 2.00 bits per heavy atom. The van der Waals surface area contributed by atoms with E-state index in [-0.39, 0.29) is 51.0 Å². The predicted molar refractivity (Wildman–Crippen MR) is 129 cm³/mol. The van der Waals surface area contributed by atoms with Gasteiger partial charge in [0.15, 0.2) is 6.29 Å². The van der Waals surface area contributed by atoms with Crippen LogP contribution in [0.2, 0.25) is 0 Å². The maximum Gasteiger partial charge on any atom is 0.186 e. The summed E-state index contributed by atoms with van der Waals surface area (Å²) in [5.41, 5.74) is 2.21. The molecular weight excluding hydrogens is 505 g/mol. The molecule has 1 heterocycles. The minimum atomic E-state index is -0.501. The smallest absolute Gasteiger partial charge is 0.186 e. The summed E-state index contributed by atoms with van der Waals surface area (Å²) in [6.07, 6.45) is 6.78. The first-order valence-electron chi connectivity index (χ1n) is 11.8. The van der Waals surface area contributed by atoms with Gasteiger partial charge in [-0.05, 0) is 24.0 Å². The minimum absolute atomic E-state index is 0. The summed E-state index contributed by atoms with van der Waals surface area (Å²) in [7, 11) is 1.67. The van der Waals surface area contributed by atoms with Crippen LogP contribution in [-0.4, -0.2) is 44.9 Å². The number of methoxy groups -OCH3 is 1. The number of unbranched alkanes of at least 4 members (excludes halogenated alkanes) is 2. The predicted octanol–water partition coefficient (Wildman–Crippen LogP) is 5.49. The molecule has 3 rings (SSSR count). The number of rotatable bonds is 15. The zero-order valence-corrected chi connectivity index (χ0v) is 23.1. The van der Waals surface area contributed by atoms with Gasteiger partial charge in [-0.25, -0.2) is 0 Å². The second-order valence-electron chi connectivity index (χ2n) is 8.15. The fraction of sp³-hybridized carbons (Fsp3) is 0.464. The summed E-state index contributed by atoms with van der Waals surface area (Å²) in [5.74, 6) is 0. The molecule has 1 aliphatic rings. The molecule has 34 heavy (non-hydrogen) atoms. The van der Waals surface area contributed by atoms with Gasteiger partial charge in [-0.3, -0.25) is 0 Å². The normalized spacial score (nSPS) is 22.2. The van der Waals surface area contributed by atoms with Gasteiger partial charge in [0.25, 0.3) is 0 Å². The zero-order valence-electron chi connectivity index (χ0n) is 20.2. The van der Waals surface area contributed by atoms with Gasteiger partial charge in [0.2, 0.25) is 0 Å². The maximum atomic E-state index is 6.34. The van der Waals surface area contributed by atoms with Crippen molar-refractivity contribution < 1.29 is 56.4 Å². The Balaban J connectivity index is 0.00000408. The van der Waals surface area contributed by atoms with Crippen LogP contribution in [0.4, 0.5) is 0 Å². The summed E-state index contributed by atoms with van der Waals surface area (Å²) < 4.78 is 30.5. The molecule has 4 atom stereocenters. The Hall–Kier alpha value is -0.916. The fourth-order valence-corrected chi connectivity index (χ4v) is 3.79. The van der Waals surface area contributed by atoms with Crippen LogP contribution >= 0.6 is 0 Å². The Kier molecular flexibility index (Phi) is 15.1. The monoisotopic (exact) mass is 542 g/mol. The van der Waals surface area contributed by atoms with Crippen molar-refractivity contribution in [2.45, 2.75) is 63.5 Å². The van der Waals surface area contributed by atoms with E-state index in [2.05, 4.69) is 43.3 Å². The van der Waals surface area contributed by atoms with Crippen molar-refractivity contribution in [1.29, 1.82) is 0 Å². The van der Waals surface area contributed by atoms with E-state index in [1.807, 2.05) is 36.4 Å². The molecule has 0 amide bonds. The quantitative estimate of drug-likeness (QED) is 0.169. The van der Waals surface area contributed by atoms with E-state index in [9.17, 15) is 0 Å².